The van der Waals surface area contributed by atoms with Crippen LogP contribution in [-0.2, 0) is 28.7 Å². The van der Waals surface area contributed by atoms with Crippen molar-refractivity contribution in [1.82, 2.24) is 5.32 Å². The monoisotopic (exact) mass is 609 g/mol. The Balaban J connectivity index is 2.12. The molecule has 43 heavy (non-hydrogen) atoms. The van der Waals surface area contributed by atoms with Gasteiger partial charge in [-0.15, -0.1) is 20.2 Å². The van der Waals surface area contributed by atoms with E-state index in [0.717, 1.165) is 0 Å². The summed E-state index contributed by atoms with van der Waals surface area (Å²) in [7, 11) is 0. The highest BCUT2D eigenvalue weighted by molar-refractivity contribution is 5.99. The summed E-state index contributed by atoms with van der Waals surface area (Å²) in [6.45, 7) is 1.53. The summed E-state index contributed by atoms with van der Waals surface area (Å²) in [5.41, 5.74) is 6.42. The Morgan fingerprint density at radius 2 is 1.28 bits per heavy atom. The van der Waals surface area contributed by atoms with E-state index in [-0.39, 0.29) is 54.6 Å². The zero-order valence-corrected chi connectivity index (χ0v) is 23.7. The van der Waals surface area contributed by atoms with Gasteiger partial charge in [-0.25, -0.2) is 9.59 Å². The molecule has 0 radical (unpaired) electrons. The number of benzene rings is 1. The van der Waals surface area contributed by atoms with Gasteiger partial charge in [0.2, 0.25) is 0 Å². The standard InChI is InChI=1S/C26H35N5O12/c1-18-21(25(32)40-13-6-2-4-8-15-42-30(36)37)22(19-11-10-12-20(17-19)29(34)35)23(24(27)28-18)26(33)41-14-7-3-5-9-16-43-31(38)39/h10-12,17,22,28H,2-9,13-16,27H2,1H3. The maximum atomic E-state index is 13.3. The fourth-order valence-corrected chi connectivity index (χ4v) is 4.38. The molecule has 0 fully saturated rings. The van der Waals surface area contributed by atoms with Crippen LogP contribution in [0.4, 0.5) is 5.69 Å². The number of esters is 2. The van der Waals surface area contributed by atoms with Gasteiger partial charge < -0.3 is 30.2 Å². The van der Waals surface area contributed by atoms with Gasteiger partial charge >= 0.3 is 11.9 Å². The number of rotatable bonds is 20. The van der Waals surface area contributed by atoms with Gasteiger partial charge in [-0.3, -0.25) is 10.1 Å². The summed E-state index contributed by atoms with van der Waals surface area (Å²) in [5, 5.41) is 33.0. The van der Waals surface area contributed by atoms with E-state index in [1.54, 1.807) is 6.92 Å². The summed E-state index contributed by atoms with van der Waals surface area (Å²) in [4.78, 5) is 66.4. The molecule has 0 amide bonds. The fraction of sp³-hybridized carbons (Fsp3) is 0.538. The van der Waals surface area contributed by atoms with E-state index >= 15 is 0 Å². The highest BCUT2D eigenvalue weighted by Gasteiger charge is 2.39. The van der Waals surface area contributed by atoms with Gasteiger partial charge in [-0.2, -0.15) is 0 Å². The number of unbranched alkanes of at least 4 members (excludes halogenated alkanes) is 6. The van der Waals surface area contributed by atoms with Gasteiger partial charge in [-0.1, -0.05) is 25.0 Å². The Bertz CT molecular complexity index is 1170. The van der Waals surface area contributed by atoms with Crippen molar-refractivity contribution < 1.29 is 43.8 Å². The molecule has 0 saturated carbocycles. The summed E-state index contributed by atoms with van der Waals surface area (Å²) in [6.07, 6.45) is 4.29. The Hall–Kier alpha value is -4.96. The number of carbonyl (C=O) groups is 2. The predicted molar refractivity (Wildman–Crippen MR) is 148 cm³/mol. The first kappa shape index (κ1) is 34.2. The molecule has 0 aliphatic carbocycles. The van der Waals surface area contributed by atoms with Crippen molar-refractivity contribution in [3.05, 3.63) is 82.8 Å². The van der Waals surface area contributed by atoms with Gasteiger partial charge in [0.05, 0.1) is 48.4 Å². The summed E-state index contributed by atoms with van der Waals surface area (Å²) in [6, 6.07) is 5.48. The molecule has 3 N–H and O–H groups in total. The summed E-state index contributed by atoms with van der Waals surface area (Å²) < 4.78 is 10.9. The number of ether oxygens (including phenoxy) is 2. The molecule has 236 valence electrons. The molecule has 1 aliphatic heterocycles. The van der Waals surface area contributed by atoms with Gasteiger partial charge in [0.15, 0.2) is 0 Å². The van der Waals surface area contributed by atoms with Crippen molar-refractivity contribution in [2.45, 2.75) is 64.2 Å². The van der Waals surface area contributed by atoms with Crippen molar-refractivity contribution in [1.29, 1.82) is 0 Å². The second-order valence-corrected chi connectivity index (χ2v) is 9.49. The molecular weight excluding hydrogens is 574 g/mol. The van der Waals surface area contributed by atoms with Gasteiger partial charge in [-0.05, 0) is 51.0 Å². The van der Waals surface area contributed by atoms with Crippen molar-refractivity contribution in [3.8, 4) is 0 Å². The Morgan fingerprint density at radius 3 is 1.77 bits per heavy atom. The molecular formula is C26H35N5O12. The first-order chi connectivity index (χ1) is 20.5. The lowest BCUT2D eigenvalue weighted by molar-refractivity contribution is -0.757. The smallest absolute Gasteiger partial charge is 0.338 e. The first-order valence-corrected chi connectivity index (χ1v) is 13.6. The van der Waals surface area contributed by atoms with Crippen LogP contribution in [0.3, 0.4) is 0 Å². The number of hydrogen-bond donors (Lipinski definition) is 2. The Kier molecular flexibility index (Phi) is 14.1. The van der Waals surface area contributed by atoms with Crippen molar-refractivity contribution in [2.75, 3.05) is 26.4 Å². The molecule has 17 nitrogen and oxygen atoms in total. The summed E-state index contributed by atoms with van der Waals surface area (Å²) >= 11 is 0. The number of non-ortho nitro benzene ring substituents is 1. The van der Waals surface area contributed by atoms with Crippen LogP contribution in [-0.4, -0.2) is 53.5 Å². The number of nitrogens with two attached hydrogens (primary N) is 1. The second kappa shape index (κ2) is 17.8. The van der Waals surface area contributed by atoms with E-state index in [4.69, 9.17) is 15.2 Å². The largest absolute Gasteiger partial charge is 0.462 e. The number of nitrogens with one attached hydrogen (secondary N) is 1. The SMILES string of the molecule is CC1=C(C(=O)OCCCCCCO[N+](=O)[O-])C(c2cccc([N+](=O)[O-])c2)C(C(=O)OCCCCCCO[N+](=O)[O-])=C(N)N1. The molecule has 0 saturated heterocycles. The number of carbonyl (C=O) groups excluding carboxylic acids is 2. The molecule has 1 heterocycles. The second-order valence-electron chi connectivity index (χ2n) is 9.49. The lowest BCUT2D eigenvalue weighted by Crippen LogP contribution is -2.36. The molecule has 0 bridgehead atoms. The number of hydrogen-bond acceptors (Lipinski definition) is 14. The number of allylic oxidation sites excluding steroid dienone is 1. The minimum atomic E-state index is -1.13. The van der Waals surface area contributed by atoms with Crippen LogP contribution < -0.4 is 11.1 Å². The van der Waals surface area contributed by atoms with Crippen LogP contribution in [0, 0.1) is 30.3 Å². The molecule has 0 aromatic heterocycles. The fourth-order valence-electron chi connectivity index (χ4n) is 4.38. The summed E-state index contributed by atoms with van der Waals surface area (Å²) in [5.74, 6) is -2.79. The minimum absolute atomic E-state index is 0.00252. The maximum Gasteiger partial charge on any atom is 0.338 e. The van der Waals surface area contributed by atoms with Crippen LogP contribution in [0.5, 0.6) is 0 Å². The zero-order valence-electron chi connectivity index (χ0n) is 23.7. The Morgan fingerprint density at radius 1 is 0.791 bits per heavy atom. The Labute approximate surface area is 246 Å². The maximum absolute atomic E-state index is 13.3. The average molecular weight is 610 g/mol. The van der Waals surface area contributed by atoms with E-state index < -0.39 is 33.0 Å². The molecule has 2 rings (SSSR count). The third-order valence-electron chi connectivity index (χ3n) is 6.38. The van der Waals surface area contributed by atoms with Crippen molar-refractivity contribution >= 4 is 17.6 Å². The van der Waals surface area contributed by atoms with Gasteiger partial charge in [0.1, 0.15) is 5.82 Å². The predicted octanol–water partition coefficient (Wildman–Crippen LogP) is 3.35. The quantitative estimate of drug-likeness (QED) is 0.0933. The van der Waals surface area contributed by atoms with E-state index in [9.17, 15) is 39.9 Å². The van der Waals surface area contributed by atoms with Crippen LogP contribution in [0.25, 0.3) is 0 Å². The van der Waals surface area contributed by atoms with Crippen LogP contribution in [0.1, 0.15) is 69.8 Å². The highest BCUT2D eigenvalue weighted by Crippen LogP contribution is 2.39. The lowest BCUT2D eigenvalue weighted by atomic mass is 9.81. The number of nitro benzene ring substituents is 1. The van der Waals surface area contributed by atoms with Crippen molar-refractivity contribution in [2.24, 2.45) is 5.73 Å². The molecule has 1 unspecified atom stereocenters. The minimum Gasteiger partial charge on any atom is -0.462 e. The zero-order chi connectivity index (χ0) is 31.8. The molecule has 0 spiro atoms. The van der Waals surface area contributed by atoms with Crippen molar-refractivity contribution in [3.63, 3.8) is 0 Å². The first-order valence-electron chi connectivity index (χ1n) is 13.6. The molecule has 1 atom stereocenters. The topological polar surface area (TPSA) is 239 Å². The van der Waals surface area contributed by atoms with Crippen LogP contribution >= 0.6 is 0 Å². The number of nitro groups is 1. The van der Waals surface area contributed by atoms with Gasteiger partial charge in [0, 0.05) is 17.8 Å². The molecule has 17 heteroatoms. The van der Waals surface area contributed by atoms with Crippen LogP contribution in [0.2, 0.25) is 0 Å². The van der Waals surface area contributed by atoms with E-state index in [0.29, 0.717) is 57.1 Å². The molecule has 1 aromatic rings. The third kappa shape index (κ3) is 11.4. The number of dihydropyridines is 1. The van der Waals surface area contributed by atoms with Crippen LogP contribution in [0.15, 0.2) is 46.9 Å². The van der Waals surface area contributed by atoms with E-state index in [2.05, 4.69) is 15.0 Å². The average Bonchev–Trinajstić information content (AvgIpc) is 2.94. The lowest BCUT2D eigenvalue weighted by Gasteiger charge is -2.30. The number of nitrogens with zero attached hydrogens (tertiary/aromatic N) is 3. The molecule has 1 aliphatic rings. The highest BCUT2D eigenvalue weighted by atomic mass is 17.0. The molecule has 1 aromatic carbocycles. The van der Waals surface area contributed by atoms with E-state index in [1.807, 2.05) is 0 Å². The van der Waals surface area contributed by atoms with Gasteiger partial charge in [0.25, 0.3) is 15.9 Å². The third-order valence-corrected chi connectivity index (χ3v) is 6.38. The normalized spacial score (nSPS) is 14.5. The van der Waals surface area contributed by atoms with E-state index in [1.165, 1.54) is 24.3 Å².